The lowest BCUT2D eigenvalue weighted by atomic mass is 9.84. The predicted octanol–water partition coefficient (Wildman–Crippen LogP) is 10.9. The van der Waals surface area contributed by atoms with Crippen LogP contribution in [0.5, 0.6) is 0 Å². The monoisotopic (exact) mass is 480 g/mol. The molecule has 0 aliphatic rings. The van der Waals surface area contributed by atoms with Crippen molar-refractivity contribution in [2.75, 3.05) is 6.61 Å². The van der Waals surface area contributed by atoms with Crippen LogP contribution in [-0.2, 0) is 9.53 Å². The molecule has 0 saturated heterocycles. The fourth-order valence-electron chi connectivity index (χ4n) is 5.53. The predicted molar refractivity (Wildman–Crippen MR) is 151 cm³/mol. The van der Waals surface area contributed by atoms with Crippen molar-refractivity contribution < 1.29 is 9.53 Å². The van der Waals surface area contributed by atoms with Gasteiger partial charge in [0.2, 0.25) is 0 Å². The Labute approximate surface area is 215 Å². The van der Waals surface area contributed by atoms with Crippen LogP contribution in [0.25, 0.3) is 0 Å². The number of carbonyl (C=O) groups excluding carboxylic acids is 1. The average molecular weight is 481 g/mol. The molecule has 0 saturated carbocycles. The molecule has 0 aliphatic carbocycles. The first-order valence-corrected chi connectivity index (χ1v) is 15.6. The van der Waals surface area contributed by atoms with Gasteiger partial charge in [0.25, 0.3) is 0 Å². The molecular formula is C32H64O2. The Balaban J connectivity index is 3.60. The summed E-state index contributed by atoms with van der Waals surface area (Å²) in [5.41, 5.74) is 0. The summed E-state index contributed by atoms with van der Waals surface area (Å²) < 4.78 is 5.39. The van der Waals surface area contributed by atoms with E-state index in [4.69, 9.17) is 4.74 Å². The van der Waals surface area contributed by atoms with E-state index in [0.29, 0.717) is 12.5 Å². The first-order valence-electron chi connectivity index (χ1n) is 15.6. The van der Waals surface area contributed by atoms with Gasteiger partial charge in [-0.15, -0.1) is 0 Å². The van der Waals surface area contributed by atoms with E-state index in [9.17, 15) is 4.79 Å². The molecule has 0 spiro atoms. The van der Waals surface area contributed by atoms with Gasteiger partial charge in [-0.25, -0.2) is 0 Å². The van der Waals surface area contributed by atoms with Crippen molar-refractivity contribution >= 4 is 5.97 Å². The minimum absolute atomic E-state index is 0.000809. The quantitative estimate of drug-likeness (QED) is 0.0959. The lowest BCUT2D eigenvalue weighted by Crippen LogP contribution is -2.19. The van der Waals surface area contributed by atoms with Crippen molar-refractivity contribution in [3.05, 3.63) is 0 Å². The van der Waals surface area contributed by atoms with Gasteiger partial charge in [0.1, 0.15) is 0 Å². The summed E-state index contributed by atoms with van der Waals surface area (Å²) in [7, 11) is 0. The molecule has 204 valence electrons. The summed E-state index contributed by atoms with van der Waals surface area (Å²) in [6.07, 6.45) is 27.1. The molecule has 2 heteroatoms. The van der Waals surface area contributed by atoms with Gasteiger partial charge in [-0.2, -0.15) is 0 Å². The summed E-state index contributed by atoms with van der Waals surface area (Å²) >= 11 is 0. The fraction of sp³-hybridized carbons (Fsp3) is 0.969. The second-order valence-electron chi connectivity index (χ2n) is 11.8. The maximum absolute atomic E-state index is 12.1. The fourth-order valence-corrected chi connectivity index (χ4v) is 5.53. The maximum Gasteiger partial charge on any atom is 0.308 e. The van der Waals surface area contributed by atoms with Crippen LogP contribution in [0.3, 0.4) is 0 Å². The van der Waals surface area contributed by atoms with Gasteiger partial charge < -0.3 is 4.74 Å². The summed E-state index contributed by atoms with van der Waals surface area (Å²) in [5, 5.41) is 0. The molecule has 0 aromatic carbocycles. The van der Waals surface area contributed by atoms with Crippen LogP contribution in [-0.4, -0.2) is 12.6 Å². The van der Waals surface area contributed by atoms with Gasteiger partial charge in [-0.1, -0.05) is 144 Å². The molecule has 0 radical (unpaired) electrons. The van der Waals surface area contributed by atoms with Crippen molar-refractivity contribution in [3.63, 3.8) is 0 Å². The number of rotatable bonds is 25. The van der Waals surface area contributed by atoms with Crippen LogP contribution >= 0.6 is 0 Å². The second kappa shape index (κ2) is 24.2. The molecule has 0 bridgehead atoms. The Morgan fingerprint density at radius 2 is 0.941 bits per heavy atom. The van der Waals surface area contributed by atoms with Crippen LogP contribution in [0.15, 0.2) is 0 Å². The van der Waals surface area contributed by atoms with Gasteiger partial charge in [-0.05, 0) is 43.4 Å². The zero-order valence-corrected chi connectivity index (χ0v) is 24.5. The minimum Gasteiger partial charge on any atom is -0.465 e. The summed E-state index contributed by atoms with van der Waals surface area (Å²) in [6.45, 7) is 14.2. The maximum atomic E-state index is 12.1. The third-order valence-electron chi connectivity index (χ3n) is 7.56. The Morgan fingerprint density at radius 1 is 0.529 bits per heavy atom. The van der Waals surface area contributed by atoms with Crippen LogP contribution < -0.4 is 0 Å². The van der Waals surface area contributed by atoms with E-state index >= 15 is 0 Å². The highest BCUT2D eigenvalue weighted by Crippen LogP contribution is 2.27. The summed E-state index contributed by atoms with van der Waals surface area (Å²) in [4.78, 5) is 12.1. The molecule has 0 N–H and O–H groups in total. The zero-order valence-electron chi connectivity index (χ0n) is 24.5. The van der Waals surface area contributed by atoms with E-state index in [-0.39, 0.29) is 11.9 Å². The highest BCUT2D eigenvalue weighted by molar-refractivity contribution is 5.71. The van der Waals surface area contributed by atoms with Gasteiger partial charge in [0, 0.05) is 0 Å². The van der Waals surface area contributed by atoms with E-state index in [1.165, 1.54) is 109 Å². The molecule has 0 amide bonds. The van der Waals surface area contributed by atoms with Crippen molar-refractivity contribution in [3.8, 4) is 0 Å². The Hall–Kier alpha value is -0.530. The largest absolute Gasteiger partial charge is 0.465 e. The molecule has 4 atom stereocenters. The summed E-state index contributed by atoms with van der Waals surface area (Å²) in [6, 6.07) is 0. The molecular weight excluding hydrogens is 416 g/mol. The smallest absolute Gasteiger partial charge is 0.308 e. The number of unbranched alkanes of at least 4 members (excludes halogenated alkanes) is 14. The van der Waals surface area contributed by atoms with Crippen LogP contribution in [0.4, 0.5) is 0 Å². The number of esters is 1. The number of hydrogen-bond acceptors (Lipinski definition) is 2. The lowest BCUT2D eigenvalue weighted by Gasteiger charge is -2.22. The molecule has 0 aliphatic heterocycles. The van der Waals surface area contributed by atoms with Gasteiger partial charge >= 0.3 is 5.97 Å². The zero-order chi connectivity index (χ0) is 25.4. The molecule has 2 nitrogen and oxygen atoms in total. The standard InChI is InChI=1S/C32H64O2/c1-7-9-11-12-13-14-15-16-17-18-19-20-21-22-23-28(3)25-29(4)26-30(5)27-31(6)32(33)34-24-10-8-2/h28-31H,7-27H2,1-6H3. The molecule has 0 rings (SSSR count). The van der Waals surface area contributed by atoms with E-state index in [0.717, 1.165) is 31.1 Å². The minimum atomic E-state index is -0.000809. The number of carbonyl (C=O) groups is 1. The number of hydrogen-bond donors (Lipinski definition) is 0. The molecule has 0 fully saturated rings. The first kappa shape index (κ1) is 33.5. The highest BCUT2D eigenvalue weighted by Gasteiger charge is 2.20. The topological polar surface area (TPSA) is 26.3 Å². The van der Waals surface area contributed by atoms with Crippen LogP contribution in [0.2, 0.25) is 0 Å². The molecule has 34 heavy (non-hydrogen) atoms. The van der Waals surface area contributed by atoms with E-state index in [1.807, 2.05) is 6.92 Å². The van der Waals surface area contributed by atoms with Crippen LogP contribution in [0, 0.1) is 23.7 Å². The summed E-state index contributed by atoms with van der Waals surface area (Å²) in [5.74, 6) is 2.21. The van der Waals surface area contributed by atoms with Gasteiger partial charge in [0.05, 0.1) is 12.5 Å². The number of ether oxygens (including phenoxy) is 1. The highest BCUT2D eigenvalue weighted by atomic mass is 16.5. The average Bonchev–Trinajstić information content (AvgIpc) is 2.79. The Morgan fingerprint density at radius 3 is 1.44 bits per heavy atom. The van der Waals surface area contributed by atoms with E-state index < -0.39 is 0 Å². The Bertz CT molecular complexity index is 433. The first-order chi connectivity index (χ1) is 16.4. The normalized spacial score (nSPS) is 15.1. The molecule has 4 unspecified atom stereocenters. The third kappa shape index (κ3) is 22.0. The lowest BCUT2D eigenvalue weighted by molar-refractivity contribution is -0.148. The van der Waals surface area contributed by atoms with Crippen molar-refractivity contribution in [2.45, 2.75) is 170 Å². The van der Waals surface area contributed by atoms with Crippen molar-refractivity contribution in [1.29, 1.82) is 0 Å². The van der Waals surface area contributed by atoms with Gasteiger partial charge in [0.15, 0.2) is 0 Å². The molecule has 0 heterocycles. The Kier molecular flexibility index (Phi) is 23.8. The van der Waals surface area contributed by atoms with E-state index in [1.54, 1.807) is 0 Å². The van der Waals surface area contributed by atoms with Gasteiger partial charge in [-0.3, -0.25) is 4.79 Å². The third-order valence-corrected chi connectivity index (χ3v) is 7.56. The second-order valence-corrected chi connectivity index (χ2v) is 11.8. The molecule has 0 aromatic heterocycles. The molecule has 0 aromatic rings. The van der Waals surface area contributed by atoms with E-state index in [2.05, 4.69) is 34.6 Å². The van der Waals surface area contributed by atoms with Crippen molar-refractivity contribution in [1.82, 2.24) is 0 Å². The van der Waals surface area contributed by atoms with Crippen LogP contribution in [0.1, 0.15) is 170 Å². The SMILES string of the molecule is CCCCCCCCCCCCCCCCC(C)CC(C)CC(C)CC(C)C(=O)OCCCC. The van der Waals surface area contributed by atoms with Crippen molar-refractivity contribution in [2.24, 2.45) is 23.7 Å².